The number of hydrogen-bond acceptors (Lipinski definition) is 4. The fourth-order valence-corrected chi connectivity index (χ4v) is 2.74. The van der Waals surface area contributed by atoms with Crippen LogP contribution in [0.1, 0.15) is 0 Å². The Morgan fingerprint density at radius 1 is 1.33 bits per heavy atom. The number of nitrogens with zero attached hydrogens (tertiary/aromatic N) is 1. The highest BCUT2D eigenvalue weighted by molar-refractivity contribution is 7.91. The summed E-state index contributed by atoms with van der Waals surface area (Å²) >= 11 is 0. The largest absolute Gasteiger partial charge is 0.465 e. The van der Waals surface area contributed by atoms with E-state index in [1.54, 1.807) is 0 Å². The third-order valence-corrected chi connectivity index (χ3v) is 3.92. The summed E-state index contributed by atoms with van der Waals surface area (Å²) in [7, 11) is -3.82. The molecule has 18 heavy (non-hydrogen) atoms. The molecule has 0 spiro atoms. The zero-order chi connectivity index (χ0) is 13.2. The van der Waals surface area contributed by atoms with Crippen LogP contribution < -0.4 is 5.32 Å². The van der Waals surface area contributed by atoms with E-state index in [0.29, 0.717) is 0 Å². The van der Waals surface area contributed by atoms with E-state index in [9.17, 15) is 13.2 Å². The van der Waals surface area contributed by atoms with E-state index >= 15 is 0 Å². The number of carboxylic acid groups (broad SMARTS) is 1. The molecule has 0 saturated carbocycles. The molecule has 94 valence electrons. The van der Waals surface area contributed by atoms with E-state index in [1.807, 2.05) is 5.32 Å². The highest BCUT2D eigenvalue weighted by atomic mass is 32.2. The van der Waals surface area contributed by atoms with Crippen LogP contribution in [0.5, 0.6) is 0 Å². The van der Waals surface area contributed by atoms with Crippen LogP contribution in [0.15, 0.2) is 46.7 Å². The molecule has 0 bridgehead atoms. The second-order valence-electron chi connectivity index (χ2n) is 3.35. The Balaban J connectivity index is 2.55. The summed E-state index contributed by atoms with van der Waals surface area (Å²) in [4.78, 5) is 16.6. The van der Waals surface area contributed by atoms with Crippen molar-refractivity contribution in [3.8, 4) is 0 Å². The number of benzene rings is 1. The molecule has 0 aliphatic carbocycles. The molecule has 0 fully saturated rings. The van der Waals surface area contributed by atoms with Crippen molar-refractivity contribution in [1.82, 2.24) is 9.97 Å². The zero-order valence-electron chi connectivity index (χ0n) is 8.99. The van der Waals surface area contributed by atoms with Crippen molar-refractivity contribution in [2.24, 2.45) is 0 Å². The molecule has 0 radical (unpaired) electrons. The first kappa shape index (κ1) is 12.1. The first-order valence-corrected chi connectivity index (χ1v) is 6.32. The monoisotopic (exact) mass is 267 g/mol. The van der Waals surface area contributed by atoms with Gasteiger partial charge in [0, 0.05) is 0 Å². The number of para-hydroxylation sites is 1. The van der Waals surface area contributed by atoms with Crippen molar-refractivity contribution >= 4 is 21.6 Å². The third-order valence-electron chi connectivity index (χ3n) is 2.18. The molecule has 1 heterocycles. The Morgan fingerprint density at radius 2 is 2.06 bits per heavy atom. The maximum absolute atomic E-state index is 12.2. The number of rotatable bonds is 3. The number of imidazole rings is 1. The number of anilines is 1. The van der Waals surface area contributed by atoms with Crippen LogP contribution in [-0.4, -0.2) is 29.6 Å². The van der Waals surface area contributed by atoms with Crippen molar-refractivity contribution in [3.63, 3.8) is 0 Å². The van der Waals surface area contributed by atoms with E-state index < -0.39 is 15.9 Å². The molecule has 0 aliphatic rings. The van der Waals surface area contributed by atoms with Crippen LogP contribution in [0.25, 0.3) is 0 Å². The second kappa shape index (κ2) is 4.49. The molecular formula is C10H9N3O4S. The fourth-order valence-electron chi connectivity index (χ4n) is 1.43. The van der Waals surface area contributed by atoms with Crippen LogP contribution in [0, 0.1) is 0 Å². The standard InChI is InChI=1S/C10H9N3O4S/c14-10(15)13-7-3-1-2-4-8(7)18(16,17)9-5-11-6-12-9/h1-6,13H,(H,11,12)(H,14,15). The van der Waals surface area contributed by atoms with Gasteiger partial charge in [0.05, 0.1) is 23.1 Å². The van der Waals surface area contributed by atoms with Crippen molar-refractivity contribution in [2.45, 2.75) is 9.92 Å². The zero-order valence-corrected chi connectivity index (χ0v) is 9.81. The number of nitrogens with one attached hydrogen (secondary N) is 2. The maximum Gasteiger partial charge on any atom is 0.409 e. The summed E-state index contributed by atoms with van der Waals surface area (Å²) in [6.45, 7) is 0. The highest BCUT2D eigenvalue weighted by Gasteiger charge is 2.22. The minimum atomic E-state index is -3.82. The third kappa shape index (κ3) is 2.18. The van der Waals surface area contributed by atoms with Crippen molar-refractivity contribution in [3.05, 3.63) is 36.8 Å². The number of H-pyrrole nitrogens is 1. The van der Waals surface area contributed by atoms with Crippen molar-refractivity contribution in [2.75, 3.05) is 5.32 Å². The Bertz CT molecular complexity index is 664. The van der Waals surface area contributed by atoms with Crippen LogP contribution in [0.2, 0.25) is 0 Å². The van der Waals surface area contributed by atoms with Crippen molar-refractivity contribution in [1.29, 1.82) is 0 Å². The van der Waals surface area contributed by atoms with E-state index in [2.05, 4.69) is 9.97 Å². The topological polar surface area (TPSA) is 112 Å². The van der Waals surface area contributed by atoms with Gasteiger partial charge in [-0.2, -0.15) is 0 Å². The lowest BCUT2D eigenvalue weighted by atomic mass is 10.3. The first-order chi connectivity index (χ1) is 8.51. The minimum Gasteiger partial charge on any atom is -0.465 e. The number of amides is 1. The Kier molecular flexibility index (Phi) is 3.02. The van der Waals surface area contributed by atoms with Gasteiger partial charge in [0.1, 0.15) is 0 Å². The van der Waals surface area contributed by atoms with Crippen LogP contribution >= 0.6 is 0 Å². The molecule has 0 saturated heterocycles. The van der Waals surface area contributed by atoms with Gasteiger partial charge in [-0.05, 0) is 12.1 Å². The predicted octanol–water partition coefficient (Wildman–Crippen LogP) is 1.33. The van der Waals surface area contributed by atoms with Gasteiger partial charge in [-0.25, -0.2) is 18.2 Å². The molecule has 1 aromatic heterocycles. The Morgan fingerprint density at radius 3 is 2.67 bits per heavy atom. The molecule has 0 unspecified atom stereocenters. The lowest BCUT2D eigenvalue weighted by Gasteiger charge is -2.08. The van der Waals surface area contributed by atoms with Gasteiger partial charge in [-0.15, -0.1) is 0 Å². The van der Waals surface area contributed by atoms with E-state index in [1.165, 1.54) is 30.6 Å². The molecule has 7 nitrogen and oxygen atoms in total. The molecular weight excluding hydrogens is 258 g/mol. The van der Waals surface area contributed by atoms with Gasteiger partial charge in [0.2, 0.25) is 9.84 Å². The maximum atomic E-state index is 12.2. The molecule has 1 amide bonds. The van der Waals surface area contributed by atoms with E-state index in [-0.39, 0.29) is 15.6 Å². The van der Waals surface area contributed by atoms with Crippen LogP contribution in [-0.2, 0) is 9.84 Å². The normalized spacial score (nSPS) is 11.1. The summed E-state index contributed by atoms with van der Waals surface area (Å²) in [6, 6.07) is 5.74. The molecule has 2 rings (SSSR count). The smallest absolute Gasteiger partial charge is 0.409 e. The summed E-state index contributed by atoms with van der Waals surface area (Å²) in [6.07, 6.45) is 1.06. The molecule has 3 N–H and O–H groups in total. The average Bonchev–Trinajstić information content (AvgIpc) is 2.82. The second-order valence-corrected chi connectivity index (χ2v) is 5.23. The molecule has 1 aromatic carbocycles. The van der Waals surface area contributed by atoms with Crippen LogP contribution in [0.3, 0.4) is 0 Å². The molecule has 8 heteroatoms. The Hall–Kier alpha value is -2.35. The SMILES string of the molecule is O=C(O)Nc1ccccc1S(=O)(=O)c1cnc[nH]1. The lowest BCUT2D eigenvalue weighted by molar-refractivity contribution is 0.209. The number of sulfone groups is 1. The number of aromatic nitrogens is 2. The minimum absolute atomic E-state index is 0.000370. The summed E-state index contributed by atoms with van der Waals surface area (Å²) in [5.74, 6) is 0. The number of aromatic amines is 1. The highest BCUT2D eigenvalue weighted by Crippen LogP contribution is 2.26. The first-order valence-electron chi connectivity index (χ1n) is 4.84. The van der Waals surface area contributed by atoms with Gasteiger partial charge in [0.15, 0.2) is 5.03 Å². The predicted molar refractivity (Wildman–Crippen MR) is 62.1 cm³/mol. The fraction of sp³-hybridized carbons (Fsp3) is 0. The average molecular weight is 267 g/mol. The van der Waals surface area contributed by atoms with Gasteiger partial charge >= 0.3 is 6.09 Å². The van der Waals surface area contributed by atoms with Gasteiger partial charge < -0.3 is 10.1 Å². The number of hydrogen-bond donors (Lipinski definition) is 3. The summed E-state index contributed by atoms with van der Waals surface area (Å²) in [5.41, 5.74) is -0.000370. The lowest BCUT2D eigenvalue weighted by Crippen LogP contribution is -2.12. The van der Waals surface area contributed by atoms with Crippen molar-refractivity contribution < 1.29 is 18.3 Å². The van der Waals surface area contributed by atoms with E-state index in [0.717, 1.165) is 6.20 Å². The van der Waals surface area contributed by atoms with Gasteiger partial charge in [-0.3, -0.25) is 5.32 Å². The summed E-state index contributed by atoms with van der Waals surface area (Å²) < 4.78 is 24.4. The molecule has 2 aromatic rings. The Labute approximate surface area is 102 Å². The molecule has 0 atom stereocenters. The van der Waals surface area contributed by atoms with Gasteiger partial charge in [-0.1, -0.05) is 12.1 Å². The number of carbonyl (C=O) groups is 1. The quantitative estimate of drug-likeness (QED) is 0.776. The van der Waals surface area contributed by atoms with Crippen LogP contribution in [0.4, 0.5) is 10.5 Å². The van der Waals surface area contributed by atoms with Gasteiger partial charge in [0.25, 0.3) is 0 Å². The summed E-state index contributed by atoms with van der Waals surface area (Å²) in [5, 5.41) is 10.6. The van der Waals surface area contributed by atoms with E-state index in [4.69, 9.17) is 5.11 Å². The molecule has 0 aliphatic heterocycles.